The van der Waals surface area contributed by atoms with Gasteiger partial charge in [-0.3, -0.25) is 4.79 Å². The minimum atomic E-state index is -3.82. The highest BCUT2D eigenvalue weighted by molar-refractivity contribution is 7.89. The predicted octanol–water partition coefficient (Wildman–Crippen LogP) is 4.26. The summed E-state index contributed by atoms with van der Waals surface area (Å²) in [6, 6.07) is 8.39. The maximum atomic E-state index is 13.0. The van der Waals surface area contributed by atoms with Crippen LogP contribution in [-0.2, 0) is 14.8 Å². The van der Waals surface area contributed by atoms with E-state index in [1.807, 2.05) is 46.8 Å². The molecule has 0 aliphatic carbocycles. The molecule has 2 aromatic rings. The minimum Gasteiger partial charge on any atom is -0.444 e. The zero-order chi connectivity index (χ0) is 26.7. The Labute approximate surface area is 213 Å². The fourth-order valence-electron chi connectivity index (χ4n) is 4.15. The van der Waals surface area contributed by atoms with Gasteiger partial charge in [0.1, 0.15) is 16.3 Å². The molecule has 0 saturated carbocycles. The number of sulfonamides is 1. The lowest BCUT2D eigenvalue weighted by Crippen LogP contribution is -2.46. The molecule has 1 aliphatic heterocycles. The summed E-state index contributed by atoms with van der Waals surface area (Å²) in [5.41, 5.74) is 1.35. The van der Waals surface area contributed by atoms with E-state index in [9.17, 15) is 18.0 Å². The second-order valence-corrected chi connectivity index (χ2v) is 12.0. The monoisotopic (exact) mass is 516 g/mol. The highest BCUT2D eigenvalue weighted by Crippen LogP contribution is 2.24. The Morgan fingerprint density at radius 2 is 1.75 bits per heavy atom. The van der Waals surface area contributed by atoms with Crippen LogP contribution in [0.5, 0.6) is 0 Å². The summed E-state index contributed by atoms with van der Waals surface area (Å²) in [6.07, 6.45) is 2.25. The molecule has 0 radical (unpaired) electrons. The second kappa shape index (κ2) is 11.0. The molecule has 1 atom stereocenters. The van der Waals surface area contributed by atoms with Gasteiger partial charge in [0.05, 0.1) is 0 Å². The van der Waals surface area contributed by atoms with Crippen LogP contribution in [0.1, 0.15) is 62.0 Å². The number of benzene rings is 1. The normalized spacial score (nSPS) is 15.9. The van der Waals surface area contributed by atoms with Crippen LogP contribution in [-0.4, -0.2) is 55.0 Å². The predicted molar refractivity (Wildman–Crippen MR) is 138 cm³/mol. The van der Waals surface area contributed by atoms with E-state index in [2.05, 4.69) is 15.0 Å². The van der Waals surface area contributed by atoms with Gasteiger partial charge in [0.25, 0.3) is 5.91 Å². The van der Waals surface area contributed by atoms with E-state index in [-0.39, 0.29) is 28.9 Å². The molecule has 36 heavy (non-hydrogen) atoms. The maximum Gasteiger partial charge on any atom is 0.410 e. The molecule has 1 aromatic carbocycles. The Hall–Kier alpha value is -2.98. The Kier molecular flexibility index (Phi) is 8.40. The number of anilines is 1. The molecule has 1 aromatic heterocycles. The molecule has 3 rings (SSSR count). The van der Waals surface area contributed by atoms with Crippen LogP contribution in [0.15, 0.2) is 41.4 Å². The van der Waals surface area contributed by atoms with Crippen LogP contribution in [0.25, 0.3) is 0 Å². The summed E-state index contributed by atoms with van der Waals surface area (Å²) in [5.74, 6) is 0.0914. The zero-order valence-corrected chi connectivity index (χ0v) is 22.6. The number of amides is 2. The summed E-state index contributed by atoms with van der Waals surface area (Å²) < 4.78 is 34.3. The van der Waals surface area contributed by atoms with E-state index < -0.39 is 15.6 Å². The van der Waals surface area contributed by atoms with Crippen LogP contribution in [0.3, 0.4) is 0 Å². The first-order valence-corrected chi connectivity index (χ1v) is 13.6. The average Bonchev–Trinajstić information content (AvgIpc) is 2.79. The van der Waals surface area contributed by atoms with Gasteiger partial charge in [-0.25, -0.2) is 22.9 Å². The number of likely N-dealkylation sites (tertiary alicyclic amines) is 1. The first-order chi connectivity index (χ1) is 16.8. The van der Waals surface area contributed by atoms with E-state index >= 15 is 0 Å². The third kappa shape index (κ3) is 7.04. The van der Waals surface area contributed by atoms with Crippen molar-refractivity contribution in [1.82, 2.24) is 14.6 Å². The molecule has 2 heterocycles. The number of hydrogen-bond acceptors (Lipinski definition) is 6. The number of carbonyl (C=O) groups is 2. The van der Waals surface area contributed by atoms with Gasteiger partial charge in [-0.1, -0.05) is 18.2 Å². The third-order valence-electron chi connectivity index (χ3n) is 6.22. The molecule has 2 N–H and O–H groups in total. The molecule has 196 valence electrons. The van der Waals surface area contributed by atoms with Crippen LogP contribution >= 0.6 is 0 Å². The number of aromatic nitrogens is 1. The number of rotatable bonds is 6. The highest BCUT2D eigenvalue weighted by atomic mass is 32.2. The van der Waals surface area contributed by atoms with Gasteiger partial charge < -0.3 is 15.0 Å². The summed E-state index contributed by atoms with van der Waals surface area (Å²) >= 11 is 0. The van der Waals surface area contributed by atoms with Gasteiger partial charge in [0, 0.05) is 30.9 Å². The van der Waals surface area contributed by atoms with Crippen molar-refractivity contribution in [3.63, 3.8) is 0 Å². The van der Waals surface area contributed by atoms with Gasteiger partial charge in [-0.2, -0.15) is 0 Å². The summed E-state index contributed by atoms with van der Waals surface area (Å²) in [4.78, 5) is 30.8. The zero-order valence-electron chi connectivity index (χ0n) is 21.8. The molecule has 1 aliphatic rings. The standard InChI is InChI=1S/C26H36N4O5S/c1-17-9-7-8-10-22(17)24(31)28-23-18(2)15-21(16-27-23)36(33,34)29-19(3)20-11-13-30(14-12-20)25(32)35-26(4,5)6/h7-10,15-16,19-20,29H,11-14H2,1-6H3,(H,27,28,31)/t19-/m1/s1. The molecule has 0 unspecified atom stereocenters. The number of ether oxygens (including phenoxy) is 1. The van der Waals surface area contributed by atoms with Gasteiger partial charge >= 0.3 is 6.09 Å². The molecule has 10 heteroatoms. The largest absolute Gasteiger partial charge is 0.444 e. The Balaban J connectivity index is 1.61. The number of nitrogens with zero attached hydrogens (tertiary/aromatic N) is 2. The first kappa shape index (κ1) is 27.6. The van der Waals surface area contributed by atoms with Gasteiger partial charge in [-0.15, -0.1) is 0 Å². The van der Waals surface area contributed by atoms with Crippen molar-refractivity contribution in [2.24, 2.45) is 5.92 Å². The maximum absolute atomic E-state index is 13.0. The van der Waals surface area contributed by atoms with E-state index in [1.54, 1.807) is 24.0 Å². The van der Waals surface area contributed by atoms with Crippen LogP contribution in [0.2, 0.25) is 0 Å². The third-order valence-corrected chi connectivity index (χ3v) is 7.75. The molecule has 2 amide bonds. The smallest absolute Gasteiger partial charge is 0.410 e. The van der Waals surface area contributed by atoms with Crippen molar-refractivity contribution >= 4 is 27.8 Å². The Bertz CT molecular complexity index is 1220. The van der Waals surface area contributed by atoms with E-state index in [1.165, 1.54) is 12.3 Å². The Morgan fingerprint density at radius 1 is 1.11 bits per heavy atom. The lowest BCUT2D eigenvalue weighted by atomic mass is 9.91. The van der Waals surface area contributed by atoms with Crippen LogP contribution in [0.4, 0.5) is 10.6 Å². The number of nitrogens with one attached hydrogen (secondary N) is 2. The molecule has 9 nitrogen and oxygen atoms in total. The number of aryl methyl sites for hydroxylation is 2. The second-order valence-electron chi connectivity index (χ2n) is 10.3. The van der Waals surface area contributed by atoms with Crippen molar-refractivity contribution in [1.29, 1.82) is 0 Å². The highest BCUT2D eigenvalue weighted by Gasteiger charge is 2.31. The van der Waals surface area contributed by atoms with E-state index in [0.29, 0.717) is 42.9 Å². The summed E-state index contributed by atoms with van der Waals surface area (Å²) in [6.45, 7) is 11.9. The SMILES string of the molecule is Cc1ccccc1C(=O)Nc1ncc(S(=O)(=O)N[C@H](C)C2CCN(C(=O)OC(C)(C)C)CC2)cc1C. The molecule has 0 spiro atoms. The summed E-state index contributed by atoms with van der Waals surface area (Å²) in [7, 11) is -3.82. The molecular weight excluding hydrogens is 480 g/mol. The minimum absolute atomic E-state index is 0.0342. The molecular formula is C26H36N4O5S. The first-order valence-electron chi connectivity index (χ1n) is 12.1. The topological polar surface area (TPSA) is 118 Å². The molecule has 0 bridgehead atoms. The van der Waals surface area contributed by atoms with Crippen molar-refractivity contribution in [2.75, 3.05) is 18.4 Å². The number of piperidine rings is 1. The summed E-state index contributed by atoms with van der Waals surface area (Å²) in [5, 5.41) is 2.76. The number of hydrogen-bond donors (Lipinski definition) is 2. The van der Waals surface area contributed by atoms with E-state index in [0.717, 1.165) is 5.56 Å². The lowest BCUT2D eigenvalue weighted by Gasteiger charge is -2.35. The van der Waals surface area contributed by atoms with Crippen molar-refractivity contribution in [3.8, 4) is 0 Å². The fraction of sp³-hybridized carbons (Fsp3) is 0.500. The van der Waals surface area contributed by atoms with Crippen molar-refractivity contribution in [3.05, 3.63) is 53.2 Å². The van der Waals surface area contributed by atoms with Crippen LogP contribution < -0.4 is 10.0 Å². The average molecular weight is 517 g/mol. The number of carbonyl (C=O) groups excluding carboxylic acids is 2. The lowest BCUT2D eigenvalue weighted by molar-refractivity contribution is 0.0174. The number of pyridine rings is 1. The van der Waals surface area contributed by atoms with Gasteiger partial charge in [-0.05, 0) is 83.6 Å². The van der Waals surface area contributed by atoms with Crippen molar-refractivity contribution < 1.29 is 22.7 Å². The van der Waals surface area contributed by atoms with Gasteiger partial charge in [0.2, 0.25) is 10.0 Å². The quantitative estimate of drug-likeness (QED) is 0.592. The van der Waals surface area contributed by atoms with Crippen LogP contribution in [0, 0.1) is 19.8 Å². The fourth-order valence-corrected chi connectivity index (χ4v) is 5.49. The van der Waals surface area contributed by atoms with Crippen molar-refractivity contribution in [2.45, 2.75) is 70.9 Å². The Morgan fingerprint density at radius 3 is 2.33 bits per heavy atom. The van der Waals surface area contributed by atoms with Gasteiger partial charge in [0.15, 0.2) is 0 Å². The molecule has 1 saturated heterocycles. The molecule has 1 fully saturated rings. The van der Waals surface area contributed by atoms with E-state index in [4.69, 9.17) is 4.74 Å².